The molecular weight excluding hydrogens is 319 g/mol. The first kappa shape index (κ1) is 16.9. The van der Waals surface area contributed by atoms with Crippen LogP contribution in [0.1, 0.15) is 25.7 Å². The van der Waals surface area contributed by atoms with Crippen LogP contribution in [0.2, 0.25) is 0 Å². The highest BCUT2D eigenvalue weighted by molar-refractivity contribution is 5.88. The molecule has 1 amide bonds. The Balaban J connectivity index is 1.69. The summed E-state index contributed by atoms with van der Waals surface area (Å²) in [5.41, 5.74) is 1.85. The number of anilines is 2. The van der Waals surface area contributed by atoms with E-state index in [0.29, 0.717) is 6.42 Å². The van der Waals surface area contributed by atoms with Gasteiger partial charge in [0.15, 0.2) is 0 Å². The van der Waals surface area contributed by atoms with E-state index < -0.39 is 24.7 Å². The van der Waals surface area contributed by atoms with Gasteiger partial charge in [-0.3, -0.25) is 4.79 Å². The van der Waals surface area contributed by atoms with Crippen LogP contribution in [-0.4, -0.2) is 49.2 Å². The Labute approximate surface area is 139 Å². The molecule has 2 heterocycles. The van der Waals surface area contributed by atoms with Gasteiger partial charge in [-0.1, -0.05) is 12.1 Å². The highest BCUT2D eigenvalue weighted by Crippen LogP contribution is 2.30. The number of piperidine rings is 1. The Morgan fingerprint density at radius 2 is 1.79 bits per heavy atom. The molecule has 1 atom stereocenters. The van der Waals surface area contributed by atoms with E-state index >= 15 is 0 Å². The van der Waals surface area contributed by atoms with E-state index in [1.165, 1.54) is 6.42 Å². The van der Waals surface area contributed by atoms with Crippen LogP contribution < -0.4 is 10.2 Å². The highest BCUT2D eigenvalue weighted by atomic mass is 19.4. The SMILES string of the molecule is O=C1C(Nc2ccccc2N2CCCCC2)CCN1CC(F)(F)F. The number of rotatable bonds is 4. The number of alkyl halides is 3. The van der Waals surface area contributed by atoms with Crippen molar-refractivity contribution < 1.29 is 18.0 Å². The fourth-order valence-corrected chi connectivity index (χ4v) is 3.44. The number of halogens is 3. The van der Waals surface area contributed by atoms with E-state index in [1.54, 1.807) is 0 Å². The monoisotopic (exact) mass is 341 g/mol. The summed E-state index contributed by atoms with van der Waals surface area (Å²) in [6.07, 6.45) is -0.467. The van der Waals surface area contributed by atoms with Crippen molar-refractivity contribution in [3.8, 4) is 0 Å². The summed E-state index contributed by atoms with van der Waals surface area (Å²) in [6, 6.07) is 7.13. The number of carbonyl (C=O) groups is 1. The van der Waals surface area contributed by atoms with Gasteiger partial charge in [-0.15, -0.1) is 0 Å². The third-order valence-electron chi connectivity index (χ3n) is 4.60. The molecule has 0 aliphatic carbocycles. The molecule has 1 N–H and O–H groups in total. The predicted octanol–water partition coefficient (Wildman–Crippen LogP) is 3.25. The summed E-state index contributed by atoms with van der Waals surface area (Å²) in [5, 5.41) is 3.17. The first-order valence-corrected chi connectivity index (χ1v) is 8.40. The van der Waals surface area contributed by atoms with E-state index in [1.807, 2.05) is 24.3 Å². The number of nitrogens with one attached hydrogen (secondary N) is 1. The van der Waals surface area contributed by atoms with Gasteiger partial charge in [0, 0.05) is 19.6 Å². The minimum absolute atomic E-state index is 0.141. The van der Waals surface area contributed by atoms with Crippen LogP contribution in [0.4, 0.5) is 24.5 Å². The van der Waals surface area contributed by atoms with Gasteiger partial charge in [-0.05, 0) is 37.8 Å². The maximum atomic E-state index is 12.5. The van der Waals surface area contributed by atoms with Gasteiger partial charge in [0.05, 0.1) is 11.4 Å². The average molecular weight is 341 g/mol. The fourth-order valence-electron chi connectivity index (χ4n) is 3.44. The number of carbonyl (C=O) groups excluding carboxylic acids is 1. The molecular formula is C17H22F3N3O. The maximum Gasteiger partial charge on any atom is 0.406 e. The number of para-hydroxylation sites is 2. The van der Waals surface area contributed by atoms with Crippen molar-refractivity contribution >= 4 is 17.3 Å². The van der Waals surface area contributed by atoms with Gasteiger partial charge in [0.1, 0.15) is 12.6 Å². The van der Waals surface area contributed by atoms with Crippen LogP contribution in [0.5, 0.6) is 0 Å². The second kappa shape index (κ2) is 6.91. The number of hydrogen-bond donors (Lipinski definition) is 1. The molecule has 3 rings (SSSR count). The molecule has 2 saturated heterocycles. The number of benzene rings is 1. The lowest BCUT2D eigenvalue weighted by Gasteiger charge is -2.31. The highest BCUT2D eigenvalue weighted by Gasteiger charge is 2.39. The number of nitrogens with zero attached hydrogens (tertiary/aromatic N) is 2. The maximum absolute atomic E-state index is 12.5. The summed E-state index contributed by atoms with van der Waals surface area (Å²) in [7, 11) is 0. The zero-order chi connectivity index (χ0) is 17.2. The third-order valence-corrected chi connectivity index (χ3v) is 4.60. The molecule has 132 valence electrons. The molecule has 0 saturated carbocycles. The lowest BCUT2D eigenvalue weighted by Crippen LogP contribution is -2.39. The molecule has 0 radical (unpaired) electrons. The van der Waals surface area contributed by atoms with Crippen LogP contribution in [0.3, 0.4) is 0 Å². The van der Waals surface area contributed by atoms with Gasteiger partial charge in [0.25, 0.3) is 0 Å². The van der Waals surface area contributed by atoms with Crippen LogP contribution in [0.25, 0.3) is 0 Å². The zero-order valence-electron chi connectivity index (χ0n) is 13.5. The summed E-state index contributed by atoms with van der Waals surface area (Å²) in [6.45, 7) is 0.911. The second-order valence-corrected chi connectivity index (χ2v) is 6.43. The van der Waals surface area contributed by atoms with Crippen molar-refractivity contribution in [2.24, 2.45) is 0 Å². The van der Waals surface area contributed by atoms with Crippen molar-refractivity contribution in [3.63, 3.8) is 0 Å². The van der Waals surface area contributed by atoms with Crippen molar-refractivity contribution in [2.75, 3.05) is 36.4 Å². The van der Waals surface area contributed by atoms with Crippen molar-refractivity contribution in [1.82, 2.24) is 4.90 Å². The van der Waals surface area contributed by atoms with E-state index in [-0.39, 0.29) is 6.54 Å². The van der Waals surface area contributed by atoms with Crippen molar-refractivity contribution in [3.05, 3.63) is 24.3 Å². The molecule has 0 bridgehead atoms. The van der Waals surface area contributed by atoms with Crippen LogP contribution in [0, 0.1) is 0 Å². The Kier molecular flexibility index (Phi) is 4.87. The largest absolute Gasteiger partial charge is 0.406 e. The number of amides is 1. The molecule has 1 unspecified atom stereocenters. The van der Waals surface area contributed by atoms with E-state index in [2.05, 4.69) is 10.2 Å². The van der Waals surface area contributed by atoms with Crippen LogP contribution in [-0.2, 0) is 4.79 Å². The predicted molar refractivity (Wildman–Crippen MR) is 87.2 cm³/mol. The molecule has 2 aliphatic heterocycles. The van der Waals surface area contributed by atoms with Gasteiger partial charge >= 0.3 is 6.18 Å². The molecule has 24 heavy (non-hydrogen) atoms. The van der Waals surface area contributed by atoms with Crippen molar-refractivity contribution in [1.29, 1.82) is 0 Å². The van der Waals surface area contributed by atoms with Gasteiger partial charge < -0.3 is 15.1 Å². The van der Waals surface area contributed by atoms with Gasteiger partial charge in [0.2, 0.25) is 5.91 Å². The molecule has 0 spiro atoms. The minimum Gasteiger partial charge on any atom is -0.372 e. The zero-order valence-corrected chi connectivity index (χ0v) is 13.5. The number of hydrogen-bond acceptors (Lipinski definition) is 3. The standard InChI is InChI=1S/C17H22F3N3O/c18-17(19,20)12-23-11-8-14(16(23)24)21-13-6-2-3-7-15(13)22-9-4-1-5-10-22/h2-3,6-7,14,21H,1,4-5,8-12H2. The Morgan fingerprint density at radius 3 is 2.50 bits per heavy atom. The lowest BCUT2D eigenvalue weighted by atomic mass is 10.1. The topological polar surface area (TPSA) is 35.6 Å². The lowest BCUT2D eigenvalue weighted by molar-refractivity contribution is -0.157. The average Bonchev–Trinajstić information content (AvgIpc) is 2.88. The summed E-state index contributed by atoms with van der Waals surface area (Å²) >= 11 is 0. The quantitative estimate of drug-likeness (QED) is 0.913. The van der Waals surface area contributed by atoms with Crippen molar-refractivity contribution in [2.45, 2.75) is 37.9 Å². The van der Waals surface area contributed by atoms with Crippen LogP contribution >= 0.6 is 0 Å². The van der Waals surface area contributed by atoms with E-state index in [4.69, 9.17) is 0 Å². The first-order valence-electron chi connectivity index (χ1n) is 8.40. The molecule has 7 heteroatoms. The first-order chi connectivity index (χ1) is 11.4. The van der Waals surface area contributed by atoms with Gasteiger partial charge in [-0.25, -0.2) is 0 Å². The van der Waals surface area contributed by atoms with Gasteiger partial charge in [-0.2, -0.15) is 13.2 Å². The Bertz CT molecular complexity index is 585. The minimum atomic E-state index is -4.35. The molecule has 0 aromatic heterocycles. The number of likely N-dealkylation sites (tertiary alicyclic amines) is 1. The smallest absolute Gasteiger partial charge is 0.372 e. The summed E-state index contributed by atoms with van der Waals surface area (Å²) in [4.78, 5) is 15.4. The molecule has 2 aliphatic rings. The summed E-state index contributed by atoms with van der Waals surface area (Å²) < 4.78 is 37.6. The summed E-state index contributed by atoms with van der Waals surface area (Å²) in [5.74, 6) is -0.472. The molecule has 1 aromatic carbocycles. The van der Waals surface area contributed by atoms with Crippen LogP contribution in [0.15, 0.2) is 24.3 Å². The Hall–Kier alpha value is -1.92. The second-order valence-electron chi connectivity index (χ2n) is 6.43. The van der Waals surface area contributed by atoms with E-state index in [9.17, 15) is 18.0 Å². The normalized spacial score (nSPS) is 22.1. The molecule has 2 fully saturated rings. The molecule has 4 nitrogen and oxygen atoms in total. The molecule has 1 aromatic rings. The third kappa shape index (κ3) is 3.94. The fraction of sp³-hybridized carbons (Fsp3) is 0.588. The Morgan fingerprint density at radius 1 is 1.08 bits per heavy atom. The van der Waals surface area contributed by atoms with E-state index in [0.717, 1.165) is 42.2 Å².